The molecule has 1 N–H and O–H groups in total. The van der Waals surface area contributed by atoms with Gasteiger partial charge < -0.3 is 4.74 Å². The van der Waals surface area contributed by atoms with Gasteiger partial charge in [0, 0.05) is 5.56 Å². The monoisotopic (exact) mass is 396 g/mol. The van der Waals surface area contributed by atoms with E-state index < -0.39 is 0 Å². The number of hydrogen-bond donors (Lipinski definition) is 1. The predicted octanol–water partition coefficient (Wildman–Crippen LogP) is 3.19. The number of nitrogens with one attached hydrogen (secondary N) is 1. The van der Waals surface area contributed by atoms with Crippen LogP contribution in [-0.4, -0.2) is 20.6 Å². The van der Waals surface area contributed by atoms with Crippen LogP contribution in [0.1, 0.15) is 5.56 Å². The number of rotatable bonds is 4. The van der Waals surface area contributed by atoms with Crippen molar-refractivity contribution in [1.82, 2.24) is 20.6 Å². The van der Waals surface area contributed by atoms with E-state index in [1.54, 1.807) is 6.07 Å². The lowest BCUT2D eigenvalue weighted by Crippen LogP contribution is -1.97. The minimum absolute atomic E-state index is 0.266. The van der Waals surface area contributed by atoms with E-state index in [1.807, 2.05) is 24.3 Å². The van der Waals surface area contributed by atoms with Crippen molar-refractivity contribution in [2.24, 2.45) is 0 Å². The normalized spacial score (nSPS) is 10.6. The molecule has 21 heavy (non-hydrogen) atoms. The van der Waals surface area contributed by atoms with Gasteiger partial charge in [-0.2, -0.15) is 5.21 Å². The van der Waals surface area contributed by atoms with Crippen LogP contribution in [0, 0.1) is 9.39 Å². The maximum atomic E-state index is 13.1. The highest BCUT2D eigenvalue weighted by Gasteiger charge is 2.08. The minimum Gasteiger partial charge on any atom is -0.488 e. The zero-order valence-electron chi connectivity index (χ0n) is 10.8. The second-order valence-electron chi connectivity index (χ2n) is 4.30. The minimum atomic E-state index is -0.266. The number of nitrogens with zero attached hydrogens (tertiary/aromatic N) is 3. The number of aromatic amines is 1. The first-order valence-corrected chi connectivity index (χ1v) is 7.21. The molecule has 0 atom stereocenters. The summed E-state index contributed by atoms with van der Waals surface area (Å²) in [5.41, 5.74) is 1.64. The van der Waals surface area contributed by atoms with Crippen molar-refractivity contribution in [3.05, 3.63) is 57.4 Å². The zero-order valence-corrected chi connectivity index (χ0v) is 12.9. The van der Waals surface area contributed by atoms with E-state index in [2.05, 4.69) is 43.2 Å². The van der Waals surface area contributed by atoms with E-state index in [0.717, 1.165) is 20.4 Å². The lowest BCUT2D eigenvalue weighted by Gasteiger charge is -2.09. The van der Waals surface area contributed by atoms with Crippen molar-refractivity contribution in [3.8, 4) is 17.1 Å². The van der Waals surface area contributed by atoms with Crippen LogP contribution in [0.3, 0.4) is 0 Å². The molecule has 7 heteroatoms. The topological polar surface area (TPSA) is 63.7 Å². The molecule has 0 amide bonds. The van der Waals surface area contributed by atoms with Crippen LogP contribution in [0.5, 0.6) is 5.75 Å². The van der Waals surface area contributed by atoms with Crippen LogP contribution in [-0.2, 0) is 6.61 Å². The van der Waals surface area contributed by atoms with Gasteiger partial charge in [-0.15, -0.1) is 10.2 Å². The van der Waals surface area contributed by atoms with Crippen molar-refractivity contribution in [2.75, 3.05) is 0 Å². The number of hydrogen-bond acceptors (Lipinski definition) is 4. The molecule has 2 aromatic carbocycles. The lowest BCUT2D eigenvalue weighted by molar-refractivity contribution is 0.303. The Labute approximate surface area is 133 Å². The first-order valence-electron chi connectivity index (χ1n) is 6.13. The summed E-state index contributed by atoms with van der Waals surface area (Å²) >= 11 is 2.18. The molecule has 0 aliphatic carbocycles. The highest BCUT2D eigenvalue weighted by Crippen LogP contribution is 2.26. The molecule has 1 aromatic heterocycles. The molecule has 0 aliphatic rings. The average molecular weight is 396 g/mol. The highest BCUT2D eigenvalue weighted by atomic mass is 127. The third-order valence-electron chi connectivity index (χ3n) is 2.82. The van der Waals surface area contributed by atoms with E-state index in [0.29, 0.717) is 12.4 Å². The van der Waals surface area contributed by atoms with Crippen LogP contribution in [0.25, 0.3) is 11.4 Å². The number of aromatic nitrogens is 4. The second kappa shape index (κ2) is 6.17. The molecule has 0 spiro atoms. The molecule has 106 valence electrons. The van der Waals surface area contributed by atoms with Gasteiger partial charge in [-0.3, -0.25) is 0 Å². The Bertz CT molecular complexity index is 748. The second-order valence-corrected chi connectivity index (χ2v) is 5.46. The fraction of sp³-hybridized carbons (Fsp3) is 0.0714. The zero-order chi connectivity index (χ0) is 14.7. The Morgan fingerprint density at radius 3 is 2.81 bits per heavy atom. The molecular formula is C14H10FIN4O. The van der Waals surface area contributed by atoms with Crippen molar-refractivity contribution in [2.45, 2.75) is 6.61 Å². The van der Waals surface area contributed by atoms with Gasteiger partial charge in [0.15, 0.2) is 0 Å². The Morgan fingerprint density at radius 2 is 2.10 bits per heavy atom. The van der Waals surface area contributed by atoms with Crippen LogP contribution in [0.2, 0.25) is 0 Å². The molecule has 3 rings (SSSR count). The van der Waals surface area contributed by atoms with E-state index in [9.17, 15) is 4.39 Å². The molecule has 0 radical (unpaired) electrons. The Morgan fingerprint density at radius 1 is 1.19 bits per heavy atom. The van der Waals surface area contributed by atoms with Gasteiger partial charge in [0.25, 0.3) is 0 Å². The summed E-state index contributed by atoms with van der Waals surface area (Å²) in [5.74, 6) is 0.995. The van der Waals surface area contributed by atoms with Crippen molar-refractivity contribution in [1.29, 1.82) is 0 Å². The molecule has 0 saturated heterocycles. The summed E-state index contributed by atoms with van der Waals surface area (Å²) in [6, 6.07) is 12.0. The molecule has 0 saturated carbocycles. The number of benzene rings is 2. The molecule has 5 nitrogen and oxygen atoms in total. The molecule has 0 aliphatic heterocycles. The molecule has 0 bridgehead atoms. The van der Waals surface area contributed by atoms with Gasteiger partial charge in [0.1, 0.15) is 18.2 Å². The van der Waals surface area contributed by atoms with E-state index in [-0.39, 0.29) is 5.82 Å². The number of H-pyrrole nitrogens is 1. The third kappa shape index (κ3) is 3.35. The van der Waals surface area contributed by atoms with Crippen molar-refractivity contribution in [3.63, 3.8) is 0 Å². The summed E-state index contributed by atoms with van der Waals surface area (Å²) in [6.45, 7) is 0.315. The maximum Gasteiger partial charge on any atom is 0.204 e. The highest BCUT2D eigenvalue weighted by molar-refractivity contribution is 14.1. The first kappa shape index (κ1) is 13.9. The maximum absolute atomic E-state index is 13.1. The Hall–Kier alpha value is -2.03. The van der Waals surface area contributed by atoms with Gasteiger partial charge in [-0.25, -0.2) is 4.39 Å². The van der Waals surface area contributed by atoms with E-state index in [4.69, 9.17) is 4.74 Å². The summed E-state index contributed by atoms with van der Waals surface area (Å²) in [6.07, 6.45) is 0. The average Bonchev–Trinajstić information content (AvgIpc) is 3.00. The standard InChI is InChI=1S/C14H10FIN4O/c15-11-3-1-2-9(6-11)8-21-13-5-4-10(7-12(13)16)14-17-19-20-18-14/h1-7H,8H2,(H,17,18,19,20). The van der Waals surface area contributed by atoms with Crippen LogP contribution in [0.15, 0.2) is 42.5 Å². The van der Waals surface area contributed by atoms with Crippen LogP contribution in [0.4, 0.5) is 4.39 Å². The van der Waals surface area contributed by atoms with Gasteiger partial charge in [-0.1, -0.05) is 12.1 Å². The third-order valence-corrected chi connectivity index (χ3v) is 3.66. The molecule has 0 fully saturated rings. The molecule has 3 aromatic rings. The van der Waals surface area contributed by atoms with Gasteiger partial charge in [0.05, 0.1) is 3.57 Å². The smallest absolute Gasteiger partial charge is 0.204 e. The predicted molar refractivity (Wildman–Crippen MR) is 83.1 cm³/mol. The SMILES string of the molecule is Fc1cccc(COc2ccc(-c3nn[nH]n3)cc2I)c1. The largest absolute Gasteiger partial charge is 0.488 e. The van der Waals surface area contributed by atoms with Gasteiger partial charge in [0.2, 0.25) is 5.82 Å². The summed E-state index contributed by atoms with van der Waals surface area (Å²) in [4.78, 5) is 0. The Kier molecular flexibility index (Phi) is 4.09. The van der Waals surface area contributed by atoms with E-state index >= 15 is 0 Å². The van der Waals surface area contributed by atoms with Crippen molar-refractivity contribution < 1.29 is 9.13 Å². The first-order chi connectivity index (χ1) is 10.2. The summed E-state index contributed by atoms with van der Waals surface area (Å²) in [5, 5.41) is 13.8. The molecule has 1 heterocycles. The fourth-order valence-corrected chi connectivity index (χ4v) is 2.50. The van der Waals surface area contributed by atoms with Gasteiger partial charge in [-0.05, 0) is 63.7 Å². The summed E-state index contributed by atoms with van der Waals surface area (Å²) < 4.78 is 19.7. The van der Waals surface area contributed by atoms with Gasteiger partial charge >= 0.3 is 0 Å². The number of ether oxygens (including phenoxy) is 1. The molecular weight excluding hydrogens is 386 g/mol. The summed E-state index contributed by atoms with van der Waals surface area (Å²) in [7, 11) is 0. The van der Waals surface area contributed by atoms with Crippen molar-refractivity contribution >= 4 is 22.6 Å². The number of halogens is 2. The quantitative estimate of drug-likeness (QED) is 0.689. The Balaban J connectivity index is 1.74. The van der Waals surface area contributed by atoms with Crippen LogP contribution < -0.4 is 4.74 Å². The fourth-order valence-electron chi connectivity index (χ4n) is 1.83. The van der Waals surface area contributed by atoms with E-state index in [1.165, 1.54) is 12.1 Å². The lowest BCUT2D eigenvalue weighted by atomic mass is 10.2. The van der Waals surface area contributed by atoms with Crippen LogP contribution >= 0.6 is 22.6 Å². The molecule has 0 unspecified atom stereocenters. The number of tetrazole rings is 1.